The Morgan fingerprint density at radius 2 is 1.96 bits per heavy atom. The summed E-state index contributed by atoms with van der Waals surface area (Å²) in [5.41, 5.74) is 1.68. The van der Waals surface area contributed by atoms with E-state index in [1.165, 1.54) is 6.20 Å². The molecule has 0 aliphatic carbocycles. The van der Waals surface area contributed by atoms with E-state index in [0.717, 1.165) is 11.3 Å². The molecule has 0 unspecified atom stereocenters. The Morgan fingerprint density at radius 1 is 1.12 bits per heavy atom. The molecule has 0 spiro atoms. The number of rotatable bonds is 7. The molecular formula is C20H20N2O4. The van der Waals surface area contributed by atoms with E-state index in [-0.39, 0.29) is 24.4 Å². The number of hydrogen-bond acceptors (Lipinski definition) is 5. The number of hydrogen-bond donors (Lipinski definition) is 0. The van der Waals surface area contributed by atoms with Crippen molar-refractivity contribution in [2.45, 2.75) is 19.9 Å². The van der Waals surface area contributed by atoms with E-state index in [2.05, 4.69) is 5.10 Å². The molecule has 6 heteroatoms. The topological polar surface area (TPSA) is 70.4 Å². The predicted molar refractivity (Wildman–Crippen MR) is 98.3 cm³/mol. The Balaban J connectivity index is 1.47. The summed E-state index contributed by atoms with van der Waals surface area (Å²) in [6.45, 7) is 2.82. The average Bonchev–Trinajstić information content (AvgIpc) is 2.65. The third-order valence-corrected chi connectivity index (χ3v) is 3.89. The van der Waals surface area contributed by atoms with Crippen LogP contribution in [0.3, 0.4) is 0 Å². The number of para-hydroxylation sites is 1. The molecule has 26 heavy (non-hydrogen) atoms. The third-order valence-electron chi connectivity index (χ3n) is 3.89. The molecule has 2 aromatic carbocycles. The molecule has 0 aliphatic rings. The van der Waals surface area contributed by atoms with Gasteiger partial charge < -0.3 is 9.47 Å². The Morgan fingerprint density at radius 3 is 2.81 bits per heavy atom. The van der Waals surface area contributed by atoms with Crippen molar-refractivity contribution in [3.63, 3.8) is 0 Å². The van der Waals surface area contributed by atoms with Crippen LogP contribution in [0.4, 0.5) is 0 Å². The second-order valence-electron chi connectivity index (χ2n) is 5.88. The summed E-state index contributed by atoms with van der Waals surface area (Å²) >= 11 is 0. The summed E-state index contributed by atoms with van der Waals surface area (Å²) in [4.78, 5) is 23.7. The van der Waals surface area contributed by atoms with Crippen molar-refractivity contribution in [3.8, 4) is 5.75 Å². The van der Waals surface area contributed by atoms with Crippen LogP contribution in [-0.4, -0.2) is 29.0 Å². The maximum Gasteiger partial charge on any atom is 0.307 e. The Kier molecular flexibility index (Phi) is 5.63. The predicted octanol–water partition coefficient (Wildman–Crippen LogP) is 2.72. The highest BCUT2D eigenvalue weighted by Gasteiger charge is 2.07. The largest absolute Gasteiger partial charge is 0.490 e. The maximum atomic E-state index is 11.9. The van der Waals surface area contributed by atoms with Gasteiger partial charge in [0.15, 0.2) is 0 Å². The summed E-state index contributed by atoms with van der Waals surface area (Å²) in [5, 5.41) is 4.68. The van der Waals surface area contributed by atoms with Crippen LogP contribution < -0.4 is 10.2 Å². The number of aromatic nitrogens is 2. The van der Waals surface area contributed by atoms with Gasteiger partial charge >= 0.3 is 5.97 Å². The molecule has 6 nitrogen and oxygen atoms in total. The highest BCUT2D eigenvalue weighted by Crippen LogP contribution is 2.12. The second-order valence-corrected chi connectivity index (χ2v) is 5.88. The molecule has 0 bridgehead atoms. The van der Waals surface area contributed by atoms with Crippen molar-refractivity contribution in [2.24, 2.45) is 0 Å². The minimum absolute atomic E-state index is 0.132. The number of aryl methyl sites for hydroxylation is 2. The van der Waals surface area contributed by atoms with E-state index in [0.29, 0.717) is 24.1 Å². The number of carbonyl (C=O) groups is 1. The van der Waals surface area contributed by atoms with Gasteiger partial charge in [-0.3, -0.25) is 14.3 Å². The molecule has 1 aromatic heterocycles. The molecular weight excluding hydrogens is 332 g/mol. The first kappa shape index (κ1) is 17.7. The van der Waals surface area contributed by atoms with Gasteiger partial charge in [-0.15, -0.1) is 0 Å². The van der Waals surface area contributed by atoms with Crippen molar-refractivity contribution in [3.05, 3.63) is 70.5 Å². The summed E-state index contributed by atoms with van der Waals surface area (Å²) in [7, 11) is 0. The molecule has 0 aliphatic heterocycles. The summed E-state index contributed by atoms with van der Waals surface area (Å²) in [5.74, 6) is 0.424. The second kappa shape index (κ2) is 8.29. The van der Waals surface area contributed by atoms with E-state index in [1.54, 1.807) is 16.8 Å². The van der Waals surface area contributed by atoms with Crippen LogP contribution in [0.1, 0.15) is 12.0 Å². The quantitative estimate of drug-likeness (QED) is 0.483. The first-order valence-corrected chi connectivity index (χ1v) is 8.43. The van der Waals surface area contributed by atoms with Gasteiger partial charge in [-0.05, 0) is 36.8 Å². The van der Waals surface area contributed by atoms with Crippen LogP contribution in [0.2, 0.25) is 0 Å². The fourth-order valence-electron chi connectivity index (χ4n) is 2.63. The lowest BCUT2D eigenvalue weighted by molar-refractivity contribution is -0.144. The van der Waals surface area contributed by atoms with E-state index in [4.69, 9.17) is 9.47 Å². The summed E-state index contributed by atoms with van der Waals surface area (Å²) < 4.78 is 12.4. The van der Waals surface area contributed by atoms with E-state index in [9.17, 15) is 9.59 Å². The van der Waals surface area contributed by atoms with Crippen LogP contribution in [0.5, 0.6) is 5.75 Å². The lowest BCUT2D eigenvalue weighted by atomic mass is 10.2. The van der Waals surface area contributed by atoms with Gasteiger partial charge in [0, 0.05) is 5.39 Å². The van der Waals surface area contributed by atoms with Crippen molar-refractivity contribution in [2.75, 3.05) is 13.2 Å². The molecule has 0 fully saturated rings. The van der Waals surface area contributed by atoms with Crippen LogP contribution in [0, 0.1) is 6.92 Å². The molecule has 134 valence electrons. The molecule has 0 N–H and O–H groups in total. The Labute approximate surface area is 151 Å². The van der Waals surface area contributed by atoms with E-state index in [1.807, 2.05) is 43.3 Å². The van der Waals surface area contributed by atoms with Crippen LogP contribution in [-0.2, 0) is 16.1 Å². The van der Waals surface area contributed by atoms with Gasteiger partial charge in [0.25, 0.3) is 0 Å². The standard InChI is InChI=1S/C20H20N2O4/c1-15-5-4-6-16(13-15)25-11-12-26-20(24)9-10-22-18-8-3-2-7-17(18)19(23)14-21-22/h2-8,13-14H,9-12H2,1H3. The van der Waals surface area contributed by atoms with Gasteiger partial charge in [0.05, 0.1) is 24.7 Å². The zero-order chi connectivity index (χ0) is 18.4. The first-order chi connectivity index (χ1) is 12.6. The molecule has 0 saturated heterocycles. The smallest absolute Gasteiger partial charge is 0.307 e. The normalized spacial score (nSPS) is 10.7. The van der Waals surface area contributed by atoms with Gasteiger partial charge in [0.2, 0.25) is 5.43 Å². The number of ether oxygens (including phenoxy) is 2. The zero-order valence-corrected chi connectivity index (χ0v) is 14.6. The molecule has 0 amide bonds. The summed E-state index contributed by atoms with van der Waals surface area (Å²) in [6, 6.07) is 14.9. The van der Waals surface area contributed by atoms with Crippen LogP contribution >= 0.6 is 0 Å². The molecule has 3 aromatic rings. The molecule has 0 radical (unpaired) electrons. The van der Waals surface area contributed by atoms with Gasteiger partial charge in [0.1, 0.15) is 19.0 Å². The van der Waals surface area contributed by atoms with Crippen molar-refractivity contribution < 1.29 is 14.3 Å². The van der Waals surface area contributed by atoms with E-state index < -0.39 is 0 Å². The van der Waals surface area contributed by atoms with Crippen molar-refractivity contribution in [1.82, 2.24) is 9.78 Å². The Bertz CT molecular complexity index is 965. The number of esters is 1. The molecule has 0 saturated carbocycles. The van der Waals surface area contributed by atoms with E-state index >= 15 is 0 Å². The summed E-state index contributed by atoms with van der Waals surface area (Å²) in [6.07, 6.45) is 1.44. The van der Waals surface area contributed by atoms with Gasteiger partial charge in [-0.25, -0.2) is 0 Å². The van der Waals surface area contributed by atoms with Crippen LogP contribution in [0.25, 0.3) is 10.9 Å². The highest BCUT2D eigenvalue weighted by molar-refractivity contribution is 5.78. The molecule has 3 rings (SSSR count). The number of nitrogens with zero attached hydrogens (tertiary/aromatic N) is 2. The maximum absolute atomic E-state index is 11.9. The monoisotopic (exact) mass is 352 g/mol. The SMILES string of the molecule is Cc1cccc(OCCOC(=O)CCn2ncc(=O)c3ccccc32)c1. The number of carbonyl (C=O) groups excluding carboxylic acids is 1. The number of fused-ring (bicyclic) bond motifs is 1. The van der Waals surface area contributed by atoms with Crippen LogP contribution in [0.15, 0.2) is 59.5 Å². The number of benzene rings is 2. The third kappa shape index (κ3) is 4.47. The lowest BCUT2D eigenvalue weighted by Crippen LogP contribution is -2.17. The average molecular weight is 352 g/mol. The zero-order valence-electron chi connectivity index (χ0n) is 14.6. The van der Waals surface area contributed by atoms with Crippen molar-refractivity contribution in [1.29, 1.82) is 0 Å². The lowest BCUT2D eigenvalue weighted by Gasteiger charge is -2.10. The van der Waals surface area contributed by atoms with Gasteiger partial charge in [-0.1, -0.05) is 24.3 Å². The minimum Gasteiger partial charge on any atom is -0.490 e. The van der Waals surface area contributed by atoms with Crippen molar-refractivity contribution >= 4 is 16.9 Å². The molecule has 0 atom stereocenters. The van der Waals surface area contributed by atoms with Gasteiger partial charge in [-0.2, -0.15) is 5.10 Å². The fraction of sp³-hybridized carbons (Fsp3) is 0.250. The molecule has 1 heterocycles. The fourth-order valence-corrected chi connectivity index (χ4v) is 2.63. The highest BCUT2D eigenvalue weighted by atomic mass is 16.6. The minimum atomic E-state index is -0.331. The first-order valence-electron chi connectivity index (χ1n) is 8.43. The Hall–Kier alpha value is -3.15.